The van der Waals surface area contributed by atoms with Crippen LogP contribution in [0.5, 0.6) is 5.75 Å². The second kappa shape index (κ2) is 6.87. The van der Waals surface area contributed by atoms with Crippen LogP contribution in [0.25, 0.3) is 5.69 Å². The van der Waals surface area contributed by atoms with Crippen molar-refractivity contribution in [1.29, 1.82) is 0 Å². The normalized spacial score (nSPS) is 23.1. The monoisotopic (exact) mass is 434 g/mol. The van der Waals surface area contributed by atoms with Crippen molar-refractivity contribution < 1.29 is 18.8 Å². The fraction of sp³-hybridized carbons (Fsp3) is 0.417. The molecule has 2 spiro atoms. The molecule has 32 heavy (non-hydrogen) atoms. The molecule has 3 aliphatic heterocycles. The Labute approximate surface area is 186 Å². The van der Waals surface area contributed by atoms with Crippen molar-refractivity contribution in [2.45, 2.75) is 37.3 Å². The number of rotatable bonds is 2. The van der Waals surface area contributed by atoms with Gasteiger partial charge in [-0.15, -0.1) is 0 Å². The quantitative estimate of drug-likeness (QED) is 0.665. The highest BCUT2D eigenvalue weighted by Crippen LogP contribution is 2.50. The van der Waals surface area contributed by atoms with Gasteiger partial charge >= 0.3 is 0 Å². The van der Waals surface area contributed by atoms with Gasteiger partial charge in [0.25, 0.3) is 5.91 Å². The first kappa shape index (κ1) is 19.4. The Balaban J connectivity index is 1.24. The fourth-order valence-corrected chi connectivity index (χ4v) is 5.49. The molecule has 1 aromatic carbocycles. The zero-order valence-corrected chi connectivity index (χ0v) is 18.3. The Bertz CT molecular complexity index is 1190. The van der Waals surface area contributed by atoms with E-state index in [1.165, 1.54) is 5.69 Å². The number of nitrogens with one attached hydrogen (secondary N) is 1. The molecule has 5 heterocycles. The molecule has 166 valence electrons. The summed E-state index contributed by atoms with van der Waals surface area (Å²) in [5, 5.41) is 7.63. The zero-order valence-electron chi connectivity index (χ0n) is 18.3. The molecule has 6 rings (SSSR count). The number of methoxy groups -OCH3 is 1. The highest BCUT2D eigenvalue weighted by atomic mass is 16.5. The number of amides is 1. The number of aromatic nitrogens is 2. The minimum atomic E-state index is -0.308. The van der Waals surface area contributed by atoms with Crippen LogP contribution >= 0.6 is 0 Å². The van der Waals surface area contributed by atoms with Crippen LogP contribution in [0.1, 0.15) is 41.2 Å². The van der Waals surface area contributed by atoms with E-state index in [9.17, 15) is 4.79 Å². The predicted octanol–water partition coefficient (Wildman–Crippen LogP) is 3.50. The third-order valence-corrected chi connectivity index (χ3v) is 7.13. The van der Waals surface area contributed by atoms with Crippen molar-refractivity contribution in [2.75, 3.05) is 32.1 Å². The Hall–Kier alpha value is -3.26. The zero-order chi connectivity index (χ0) is 21.9. The topological polar surface area (TPSA) is 81.8 Å². The Kier molecular flexibility index (Phi) is 4.17. The first-order valence-electron chi connectivity index (χ1n) is 11.0. The standard InChI is InChI=1S/C24H26N4O4/c1-16-12-20(32-26-16)22(29)27-10-7-23(8-11-27)14-24(15-31-23)21-4-3-9-28(21)19-6-5-17(30-2)13-18(19)25-24/h3-6,9,12-13,25H,7-8,10-11,14-15H2,1-2H3/t24-/m1/s1. The maximum atomic E-state index is 12.8. The highest BCUT2D eigenvalue weighted by Gasteiger charge is 2.54. The maximum absolute atomic E-state index is 12.8. The van der Waals surface area contributed by atoms with Crippen molar-refractivity contribution >= 4 is 11.6 Å². The van der Waals surface area contributed by atoms with Gasteiger partial charge < -0.3 is 28.8 Å². The number of carbonyl (C=O) groups is 1. The number of hydrogen-bond donors (Lipinski definition) is 1. The van der Waals surface area contributed by atoms with Crippen LogP contribution < -0.4 is 10.1 Å². The van der Waals surface area contributed by atoms with Gasteiger partial charge in [-0.2, -0.15) is 0 Å². The van der Waals surface area contributed by atoms with Crippen LogP contribution in [0.2, 0.25) is 0 Å². The van der Waals surface area contributed by atoms with Crippen LogP contribution in [0, 0.1) is 6.92 Å². The maximum Gasteiger partial charge on any atom is 0.292 e. The van der Waals surface area contributed by atoms with Crippen LogP contribution in [-0.2, 0) is 10.3 Å². The lowest BCUT2D eigenvalue weighted by atomic mass is 9.79. The number of ether oxygens (including phenoxy) is 2. The largest absolute Gasteiger partial charge is 0.497 e. The molecule has 2 fully saturated rings. The van der Waals surface area contributed by atoms with Gasteiger partial charge in [0.2, 0.25) is 5.76 Å². The molecule has 3 aromatic rings. The molecule has 8 nitrogen and oxygen atoms in total. The summed E-state index contributed by atoms with van der Waals surface area (Å²) in [5.41, 5.74) is 3.51. The molecule has 0 saturated carbocycles. The molecule has 3 aliphatic rings. The van der Waals surface area contributed by atoms with E-state index in [1.54, 1.807) is 13.2 Å². The summed E-state index contributed by atoms with van der Waals surface area (Å²) in [6, 6.07) is 12.1. The van der Waals surface area contributed by atoms with E-state index in [-0.39, 0.29) is 17.0 Å². The second-order valence-corrected chi connectivity index (χ2v) is 9.13. The molecule has 0 radical (unpaired) electrons. The average molecular weight is 434 g/mol. The lowest BCUT2D eigenvalue weighted by Gasteiger charge is -2.41. The molecule has 2 aromatic heterocycles. The molecule has 0 unspecified atom stereocenters. The summed E-state index contributed by atoms with van der Waals surface area (Å²) in [6.07, 6.45) is 4.54. The molecule has 0 aliphatic carbocycles. The third-order valence-electron chi connectivity index (χ3n) is 7.13. The fourth-order valence-electron chi connectivity index (χ4n) is 5.49. The number of hydrogen-bond acceptors (Lipinski definition) is 6. The molecule has 1 N–H and O–H groups in total. The summed E-state index contributed by atoms with van der Waals surface area (Å²) in [7, 11) is 1.68. The first-order chi connectivity index (χ1) is 15.5. The van der Waals surface area contributed by atoms with E-state index in [0.29, 0.717) is 31.2 Å². The molecular formula is C24H26N4O4. The third kappa shape index (κ3) is 2.86. The SMILES string of the molecule is COc1ccc2c(c1)N[C@]1(COC3(CCN(C(=O)c4cc(C)no4)CC3)C1)c1cccn1-2. The number of anilines is 1. The van der Waals surface area contributed by atoms with E-state index < -0.39 is 0 Å². The van der Waals surface area contributed by atoms with Gasteiger partial charge in [-0.05, 0) is 44.0 Å². The minimum Gasteiger partial charge on any atom is -0.497 e. The van der Waals surface area contributed by atoms with Gasteiger partial charge in [0.1, 0.15) is 11.3 Å². The van der Waals surface area contributed by atoms with Gasteiger partial charge in [-0.1, -0.05) is 5.16 Å². The van der Waals surface area contributed by atoms with Crippen molar-refractivity contribution in [1.82, 2.24) is 14.6 Å². The van der Waals surface area contributed by atoms with E-state index >= 15 is 0 Å². The average Bonchev–Trinajstić information content (AvgIpc) is 3.54. The molecule has 2 saturated heterocycles. The smallest absolute Gasteiger partial charge is 0.292 e. The summed E-state index contributed by atoms with van der Waals surface area (Å²) < 4.78 is 19.4. The summed E-state index contributed by atoms with van der Waals surface area (Å²) >= 11 is 0. The van der Waals surface area contributed by atoms with Crippen LogP contribution in [0.4, 0.5) is 5.69 Å². The number of benzene rings is 1. The summed E-state index contributed by atoms with van der Waals surface area (Å²) in [4.78, 5) is 14.6. The number of aryl methyl sites for hydroxylation is 1. The molecule has 8 heteroatoms. The number of fused-ring (bicyclic) bond motifs is 4. The Morgan fingerprint density at radius 1 is 1.22 bits per heavy atom. The van der Waals surface area contributed by atoms with Crippen molar-refractivity contribution in [3.05, 3.63) is 59.7 Å². The molecule has 1 amide bonds. The van der Waals surface area contributed by atoms with Crippen molar-refractivity contribution in [2.24, 2.45) is 0 Å². The highest BCUT2D eigenvalue weighted by molar-refractivity contribution is 5.91. The molecule has 1 atom stereocenters. The van der Waals surface area contributed by atoms with Crippen LogP contribution in [0.15, 0.2) is 47.1 Å². The Morgan fingerprint density at radius 2 is 2.06 bits per heavy atom. The summed E-state index contributed by atoms with van der Waals surface area (Å²) in [6.45, 7) is 3.68. The molecule has 0 bridgehead atoms. The minimum absolute atomic E-state index is 0.0983. The van der Waals surface area contributed by atoms with E-state index in [0.717, 1.165) is 36.4 Å². The van der Waals surface area contributed by atoms with Crippen LogP contribution in [0.3, 0.4) is 0 Å². The first-order valence-corrected chi connectivity index (χ1v) is 11.0. The van der Waals surface area contributed by atoms with Crippen LogP contribution in [-0.4, -0.2) is 52.9 Å². The van der Waals surface area contributed by atoms with Crippen molar-refractivity contribution in [3.63, 3.8) is 0 Å². The number of piperidine rings is 1. The van der Waals surface area contributed by atoms with Gasteiger partial charge in [0.15, 0.2) is 0 Å². The number of likely N-dealkylation sites (tertiary alicyclic amines) is 1. The van der Waals surface area contributed by atoms with Gasteiger partial charge in [0, 0.05) is 37.8 Å². The van der Waals surface area contributed by atoms with Gasteiger partial charge in [-0.25, -0.2) is 0 Å². The summed E-state index contributed by atoms with van der Waals surface area (Å²) in [5.74, 6) is 1.03. The van der Waals surface area contributed by atoms with E-state index in [1.807, 2.05) is 24.0 Å². The van der Waals surface area contributed by atoms with Gasteiger partial charge in [-0.3, -0.25) is 4.79 Å². The lowest BCUT2D eigenvalue weighted by Crippen LogP contribution is -2.48. The van der Waals surface area contributed by atoms with Crippen molar-refractivity contribution in [3.8, 4) is 11.4 Å². The van der Waals surface area contributed by atoms with E-state index in [4.69, 9.17) is 14.0 Å². The lowest BCUT2D eigenvalue weighted by molar-refractivity contribution is -0.0397. The second-order valence-electron chi connectivity index (χ2n) is 9.13. The van der Waals surface area contributed by atoms with E-state index in [2.05, 4.69) is 39.4 Å². The predicted molar refractivity (Wildman–Crippen MR) is 117 cm³/mol. The number of carbonyl (C=O) groups excluding carboxylic acids is 1. The molecular weight excluding hydrogens is 408 g/mol. The van der Waals surface area contributed by atoms with Gasteiger partial charge in [0.05, 0.1) is 42.1 Å². The Morgan fingerprint density at radius 3 is 2.81 bits per heavy atom. The number of nitrogens with zero attached hydrogens (tertiary/aromatic N) is 3.